The van der Waals surface area contributed by atoms with Crippen molar-refractivity contribution in [3.8, 4) is 0 Å². The molecule has 10 heteroatoms. The van der Waals surface area contributed by atoms with Gasteiger partial charge in [0.2, 0.25) is 5.91 Å². The molecule has 0 aromatic carbocycles. The molecule has 146 valence electrons. The zero-order chi connectivity index (χ0) is 15.5. The molecule has 1 amide bonds. The van der Waals surface area contributed by atoms with Crippen molar-refractivity contribution < 1.29 is 4.79 Å². The number of carbonyl (C=O) groups is 1. The molecule has 3 heterocycles. The van der Waals surface area contributed by atoms with Gasteiger partial charge in [-0.05, 0) is 33.0 Å². The Kier molecular flexibility index (Phi) is 12.0. The van der Waals surface area contributed by atoms with Crippen molar-refractivity contribution in [3.63, 3.8) is 0 Å². The molecule has 0 spiro atoms. The zero-order valence-electron chi connectivity index (χ0n) is 14.4. The van der Waals surface area contributed by atoms with Gasteiger partial charge >= 0.3 is 0 Å². The van der Waals surface area contributed by atoms with E-state index in [4.69, 9.17) is 5.73 Å². The Balaban J connectivity index is 0.00000192. The fourth-order valence-corrected chi connectivity index (χ4v) is 3.93. The highest BCUT2D eigenvalue weighted by Gasteiger charge is 2.28. The van der Waals surface area contributed by atoms with Gasteiger partial charge in [0.15, 0.2) is 5.13 Å². The van der Waals surface area contributed by atoms with E-state index < -0.39 is 0 Å². The summed E-state index contributed by atoms with van der Waals surface area (Å²) in [7, 11) is 2.19. The molecule has 0 atom stereocenters. The van der Waals surface area contributed by atoms with Crippen LogP contribution in [0.2, 0.25) is 0 Å². The summed E-state index contributed by atoms with van der Waals surface area (Å²) in [6.07, 6.45) is 2.88. The number of likely N-dealkylation sites (tertiary alicyclic amines) is 1. The molecule has 2 N–H and O–H groups in total. The van der Waals surface area contributed by atoms with Gasteiger partial charge in [0.1, 0.15) is 0 Å². The average Bonchev–Trinajstić information content (AvgIpc) is 2.93. The minimum absolute atomic E-state index is 0. The van der Waals surface area contributed by atoms with E-state index in [9.17, 15) is 4.79 Å². The van der Waals surface area contributed by atoms with Crippen molar-refractivity contribution in [2.75, 3.05) is 52.0 Å². The fourth-order valence-electron chi connectivity index (χ4n) is 3.37. The molecule has 1 aromatic rings. The van der Waals surface area contributed by atoms with E-state index in [0.717, 1.165) is 31.9 Å². The largest absolute Gasteiger partial charge is 0.375 e. The first-order valence-corrected chi connectivity index (χ1v) is 8.90. The van der Waals surface area contributed by atoms with E-state index in [1.54, 1.807) is 0 Å². The van der Waals surface area contributed by atoms with Crippen LogP contribution in [0.1, 0.15) is 18.5 Å². The van der Waals surface area contributed by atoms with Crippen molar-refractivity contribution >= 4 is 73.3 Å². The van der Waals surface area contributed by atoms with Crippen molar-refractivity contribution in [2.45, 2.75) is 25.3 Å². The minimum atomic E-state index is 0. The molecule has 2 aliphatic heterocycles. The highest BCUT2D eigenvalue weighted by molar-refractivity contribution is 8.93. The Labute approximate surface area is 185 Å². The molecule has 0 unspecified atom stereocenters. The number of thiazole rings is 1. The molecule has 2 fully saturated rings. The lowest BCUT2D eigenvalue weighted by molar-refractivity contribution is -0.132. The Hall–Kier alpha value is 0.260. The van der Waals surface area contributed by atoms with Crippen LogP contribution >= 0.6 is 62.3 Å². The summed E-state index contributed by atoms with van der Waals surface area (Å²) in [4.78, 5) is 23.4. The highest BCUT2D eigenvalue weighted by Crippen LogP contribution is 2.18. The average molecular weight is 566 g/mol. The van der Waals surface area contributed by atoms with E-state index in [1.807, 2.05) is 10.3 Å². The molecule has 2 saturated heterocycles. The van der Waals surface area contributed by atoms with Crippen molar-refractivity contribution in [1.29, 1.82) is 0 Å². The van der Waals surface area contributed by atoms with Gasteiger partial charge in [0.25, 0.3) is 0 Å². The molecule has 25 heavy (non-hydrogen) atoms. The number of amides is 1. The first-order chi connectivity index (χ1) is 10.6. The van der Waals surface area contributed by atoms with Gasteiger partial charge in [0, 0.05) is 37.6 Å². The van der Waals surface area contributed by atoms with Crippen LogP contribution in [-0.4, -0.2) is 77.9 Å². The summed E-state index contributed by atoms with van der Waals surface area (Å²) in [6, 6.07) is 0.701. The number of hydrogen-bond acceptors (Lipinski definition) is 6. The van der Waals surface area contributed by atoms with E-state index in [1.165, 1.54) is 37.3 Å². The lowest BCUT2D eigenvalue weighted by Gasteiger charge is -2.42. The number of carbonyl (C=O) groups excluding carboxylic acids is 1. The van der Waals surface area contributed by atoms with E-state index in [2.05, 4.69) is 21.8 Å². The third-order valence-corrected chi connectivity index (χ3v) is 5.50. The number of nitrogens with two attached hydrogens (primary N) is 1. The Morgan fingerprint density at radius 3 is 2.28 bits per heavy atom. The second-order valence-electron chi connectivity index (χ2n) is 6.31. The summed E-state index contributed by atoms with van der Waals surface area (Å²) in [5, 5.41) is 2.41. The third kappa shape index (κ3) is 7.06. The SMILES string of the molecule is Br.Br.Br.CN1CCC(N2CCN(C(=O)Cc3csc(N)n3)CC2)CC1. The molecular formula is C15H28Br3N5OS. The molecule has 2 aliphatic rings. The number of anilines is 1. The topological polar surface area (TPSA) is 65.7 Å². The number of nitrogens with zero attached hydrogens (tertiary/aromatic N) is 4. The fraction of sp³-hybridized carbons (Fsp3) is 0.733. The normalized spacial score (nSPS) is 19.5. The number of piperidine rings is 1. The van der Waals surface area contributed by atoms with Crippen LogP contribution in [0.5, 0.6) is 0 Å². The molecule has 6 nitrogen and oxygen atoms in total. The number of aromatic nitrogens is 1. The van der Waals surface area contributed by atoms with Crippen LogP contribution in [0.3, 0.4) is 0 Å². The maximum Gasteiger partial charge on any atom is 0.228 e. The van der Waals surface area contributed by atoms with Crippen molar-refractivity contribution in [3.05, 3.63) is 11.1 Å². The van der Waals surface area contributed by atoms with Crippen LogP contribution in [0.25, 0.3) is 0 Å². The first kappa shape index (κ1) is 25.3. The lowest BCUT2D eigenvalue weighted by Crippen LogP contribution is -2.54. The van der Waals surface area contributed by atoms with Gasteiger partial charge in [-0.1, -0.05) is 0 Å². The second-order valence-corrected chi connectivity index (χ2v) is 7.19. The predicted molar refractivity (Wildman–Crippen MR) is 120 cm³/mol. The summed E-state index contributed by atoms with van der Waals surface area (Å²) in [5.41, 5.74) is 6.41. The Bertz CT molecular complexity index is 517. The number of piperazine rings is 1. The number of hydrogen-bond donors (Lipinski definition) is 1. The van der Waals surface area contributed by atoms with E-state index >= 15 is 0 Å². The molecular weight excluding hydrogens is 538 g/mol. The van der Waals surface area contributed by atoms with Gasteiger partial charge in [-0.15, -0.1) is 62.3 Å². The van der Waals surface area contributed by atoms with E-state index in [0.29, 0.717) is 17.6 Å². The first-order valence-electron chi connectivity index (χ1n) is 8.02. The monoisotopic (exact) mass is 563 g/mol. The Morgan fingerprint density at radius 2 is 1.76 bits per heavy atom. The zero-order valence-corrected chi connectivity index (χ0v) is 20.4. The highest BCUT2D eigenvalue weighted by atomic mass is 79.9. The van der Waals surface area contributed by atoms with Gasteiger partial charge < -0.3 is 15.5 Å². The second kappa shape index (κ2) is 11.9. The quantitative estimate of drug-likeness (QED) is 0.609. The van der Waals surface area contributed by atoms with Crippen LogP contribution in [0.4, 0.5) is 5.13 Å². The summed E-state index contributed by atoms with van der Waals surface area (Å²) >= 11 is 1.40. The van der Waals surface area contributed by atoms with Gasteiger partial charge in [-0.25, -0.2) is 4.98 Å². The summed E-state index contributed by atoms with van der Waals surface area (Å²) in [5.74, 6) is 0.174. The van der Waals surface area contributed by atoms with Crippen LogP contribution in [0.15, 0.2) is 5.38 Å². The number of nitrogen functional groups attached to an aromatic ring is 1. The number of halogens is 3. The van der Waals surface area contributed by atoms with Crippen molar-refractivity contribution in [2.24, 2.45) is 0 Å². The molecule has 3 rings (SSSR count). The van der Waals surface area contributed by atoms with Crippen LogP contribution < -0.4 is 5.73 Å². The van der Waals surface area contributed by atoms with Crippen molar-refractivity contribution in [1.82, 2.24) is 19.7 Å². The maximum atomic E-state index is 12.3. The standard InChI is InChI=1S/C15H25N5OS.3BrH/c1-18-4-2-13(3-5-18)19-6-8-20(9-7-19)14(21)10-12-11-22-15(16)17-12;;;/h11,13H,2-10H2,1H3,(H2,16,17);3*1H. The number of rotatable bonds is 3. The molecule has 0 radical (unpaired) electrons. The lowest BCUT2D eigenvalue weighted by atomic mass is 10.0. The van der Waals surface area contributed by atoms with E-state index in [-0.39, 0.29) is 56.9 Å². The van der Waals surface area contributed by atoms with Gasteiger partial charge in [-0.3, -0.25) is 9.69 Å². The Morgan fingerprint density at radius 1 is 1.16 bits per heavy atom. The summed E-state index contributed by atoms with van der Waals surface area (Å²) < 4.78 is 0. The minimum Gasteiger partial charge on any atom is -0.375 e. The van der Waals surface area contributed by atoms with Crippen LogP contribution in [0, 0.1) is 0 Å². The molecule has 0 saturated carbocycles. The molecule has 1 aromatic heterocycles. The summed E-state index contributed by atoms with van der Waals surface area (Å²) in [6.45, 7) is 6.05. The predicted octanol–water partition coefficient (Wildman–Crippen LogP) is 2.24. The maximum absolute atomic E-state index is 12.3. The van der Waals surface area contributed by atoms with Gasteiger partial charge in [-0.2, -0.15) is 0 Å². The molecule has 0 aliphatic carbocycles. The smallest absolute Gasteiger partial charge is 0.228 e. The van der Waals surface area contributed by atoms with Gasteiger partial charge in [0.05, 0.1) is 12.1 Å². The van der Waals surface area contributed by atoms with Crippen LogP contribution in [-0.2, 0) is 11.2 Å². The molecule has 0 bridgehead atoms. The third-order valence-electron chi connectivity index (χ3n) is 4.77.